The van der Waals surface area contributed by atoms with Crippen molar-refractivity contribution in [3.05, 3.63) is 60.0 Å². The second-order valence-corrected chi connectivity index (χ2v) is 6.44. The minimum Gasteiger partial charge on any atom is -0.390 e. The van der Waals surface area contributed by atoms with E-state index in [1.807, 2.05) is 38.1 Å². The van der Waals surface area contributed by atoms with Crippen LogP contribution in [0.1, 0.15) is 25.1 Å². The van der Waals surface area contributed by atoms with E-state index in [0.717, 1.165) is 35.3 Å². The molecule has 1 aliphatic carbocycles. The lowest BCUT2D eigenvalue weighted by molar-refractivity contribution is 0.154. The molecule has 0 spiro atoms. The molecule has 0 unspecified atom stereocenters. The lowest BCUT2D eigenvalue weighted by Gasteiger charge is -2.20. The van der Waals surface area contributed by atoms with Crippen LogP contribution in [0.5, 0.6) is 5.88 Å². The third kappa shape index (κ3) is 3.07. The molecule has 4 rings (SSSR count). The van der Waals surface area contributed by atoms with Gasteiger partial charge in [-0.25, -0.2) is 4.79 Å². The quantitative estimate of drug-likeness (QED) is 0.707. The Labute approximate surface area is 158 Å². The van der Waals surface area contributed by atoms with Gasteiger partial charge in [-0.2, -0.15) is 9.78 Å². The van der Waals surface area contributed by atoms with Crippen molar-refractivity contribution in [1.29, 1.82) is 0 Å². The van der Waals surface area contributed by atoms with Crippen LogP contribution in [0.3, 0.4) is 0 Å². The molecule has 0 radical (unpaired) electrons. The minimum atomic E-state index is -0.360. The Balaban J connectivity index is 1.87. The van der Waals surface area contributed by atoms with Gasteiger partial charge in [0.15, 0.2) is 0 Å². The van der Waals surface area contributed by atoms with Gasteiger partial charge in [0.1, 0.15) is 0 Å². The molecule has 3 aromatic rings. The smallest absolute Gasteiger partial charge is 0.390 e. The van der Waals surface area contributed by atoms with Gasteiger partial charge in [0.05, 0.1) is 16.9 Å². The molecular weight excluding hydrogens is 340 g/mol. The normalized spacial score (nSPS) is 12.2. The number of pyridine rings is 1. The maximum Gasteiger partial charge on any atom is 0.416 e. The maximum atomic E-state index is 12.7. The lowest BCUT2D eigenvalue weighted by atomic mass is 9.90. The molecule has 0 bridgehead atoms. The number of hydrogen-bond acceptors (Lipinski definition) is 4. The monoisotopic (exact) mass is 362 g/mol. The molecule has 2 aromatic heterocycles. The van der Waals surface area contributed by atoms with E-state index in [0.29, 0.717) is 19.0 Å². The number of aryl methyl sites for hydroxylation is 2. The fraction of sp³-hybridized carbons (Fsp3) is 0.286. The van der Waals surface area contributed by atoms with Crippen molar-refractivity contribution in [3.8, 4) is 22.7 Å². The molecule has 27 heavy (non-hydrogen) atoms. The zero-order valence-corrected chi connectivity index (χ0v) is 15.6. The number of carbonyl (C=O) groups excluding carboxylic acids is 1. The summed E-state index contributed by atoms with van der Waals surface area (Å²) in [5.74, 6) is 0.472. The molecule has 138 valence electrons. The first kappa shape index (κ1) is 17.3. The van der Waals surface area contributed by atoms with E-state index in [4.69, 9.17) is 9.84 Å². The van der Waals surface area contributed by atoms with Crippen molar-refractivity contribution >= 4 is 6.09 Å². The standard InChI is InChI=1S/C21H22N4O2/c1-3-24(4-2)21(26)27-20-19-17-8-6-5-7-15(17)9-10-18(19)23-25(20)16-11-13-22-14-12-16/h5-8,11-14H,3-4,9-10H2,1-2H3. The van der Waals surface area contributed by atoms with Gasteiger partial charge in [0.2, 0.25) is 5.88 Å². The maximum absolute atomic E-state index is 12.7. The Morgan fingerprint density at radius 1 is 1.11 bits per heavy atom. The SMILES string of the molecule is CCN(CC)C(=O)Oc1c2c(nn1-c1ccncc1)CCc1ccccc1-2. The van der Waals surface area contributed by atoms with Gasteiger partial charge in [-0.3, -0.25) is 4.98 Å². The Hall–Kier alpha value is -3.15. The number of nitrogens with zero attached hydrogens (tertiary/aromatic N) is 4. The van der Waals surface area contributed by atoms with Crippen molar-refractivity contribution in [2.24, 2.45) is 0 Å². The van der Waals surface area contributed by atoms with Crippen LogP contribution in [0, 0.1) is 0 Å². The number of hydrogen-bond donors (Lipinski definition) is 0. The highest BCUT2D eigenvalue weighted by atomic mass is 16.6. The number of rotatable bonds is 4. The average molecular weight is 362 g/mol. The number of carbonyl (C=O) groups is 1. The number of fused-ring (bicyclic) bond motifs is 3. The van der Waals surface area contributed by atoms with E-state index in [-0.39, 0.29) is 6.09 Å². The van der Waals surface area contributed by atoms with Crippen LogP contribution in [-0.4, -0.2) is 38.8 Å². The number of ether oxygens (including phenoxy) is 1. The predicted molar refractivity (Wildman–Crippen MR) is 103 cm³/mol. The van der Waals surface area contributed by atoms with Crippen LogP contribution in [0.4, 0.5) is 4.79 Å². The van der Waals surface area contributed by atoms with Crippen LogP contribution >= 0.6 is 0 Å². The summed E-state index contributed by atoms with van der Waals surface area (Å²) < 4.78 is 7.62. The summed E-state index contributed by atoms with van der Waals surface area (Å²) in [6.45, 7) is 5.07. The van der Waals surface area contributed by atoms with Crippen LogP contribution in [0.25, 0.3) is 16.8 Å². The van der Waals surface area contributed by atoms with Gasteiger partial charge < -0.3 is 9.64 Å². The summed E-state index contributed by atoms with van der Waals surface area (Å²) in [6, 6.07) is 12.0. The summed E-state index contributed by atoms with van der Waals surface area (Å²) in [5.41, 5.74) is 5.02. The molecule has 0 saturated heterocycles. The molecule has 1 aliphatic rings. The molecular formula is C21H22N4O2. The highest BCUT2D eigenvalue weighted by Crippen LogP contribution is 2.41. The third-order valence-electron chi connectivity index (χ3n) is 4.95. The first-order valence-electron chi connectivity index (χ1n) is 9.30. The van der Waals surface area contributed by atoms with E-state index in [2.05, 4.69) is 17.1 Å². The van der Waals surface area contributed by atoms with Crippen molar-refractivity contribution < 1.29 is 9.53 Å². The summed E-state index contributed by atoms with van der Waals surface area (Å²) in [6.07, 6.45) is 4.81. The number of benzene rings is 1. The zero-order valence-electron chi connectivity index (χ0n) is 15.6. The molecule has 0 aliphatic heterocycles. The number of aromatic nitrogens is 3. The summed E-state index contributed by atoms with van der Waals surface area (Å²) >= 11 is 0. The summed E-state index contributed by atoms with van der Waals surface area (Å²) in [7, 11) is 0. The molecule has 0 atom stereocenters. The van der Waals surface area contributed by atoms with E-state index < -0.39 is 0 Å². The third-order valence-corrected chi connectivity index (χ3v) is 4.95. The van der Waals surface area contributed by atoms with Crippen LogP contribution in [0.15, 0.2) is 48.8 Å². The Morgan fingerprint density at radius 2 is 1.85 bits per heavy atom. The van der Waals surface area contributed by atoms with Crippen LogP contribution < -0.4 is 4.74 Å². The van der Waals surface area contributed by atoms with E-state index >= 15 is 0 Å². The van der Waals surface area contributed by atoms with Crippen LogP contribution in [0.2, 0.25) is 0 Å². The van der Waals surface area contributed by atoms with Crippen molar-refractivity contribution in [2.75, 3.05) is 13.1 Å². The largest absolute Gasteiger partial charge is 0.416 e. The first-order valence-corrected chi connectivity index (χ1v) is 9.30. The highest BCUT2D eigenvalue weighted by molar-refractivity contribution is 5.81. The summed E-state index contributed by atoms with van der Waals surface area (Å²) in [4.78, 5) is 18.4. The molecule has 0 fully saturated rings. The topological polar surface area (TPSA) is 60.3 Å². The van der Waals surface area contributed by atoms with Gasteiger partial charge >= 0.3 is 6.09 Å². The zero-order chi connectivity index (χ0) is 18.8. The first-order chi connectivity index (χ1) is 13.2. The molecule has 1 amide bonds. The van der Waals surface area contributed by atoms with Crippen LogP contribution in [-0.2, 0) is 12.8 Å². The number of amides is 1. The second kappa shape index (κ2) is 7.23. The van der Waals surface area contributed by atoms with E-state index in [9.17, 15) is 4.79 Å². The van der Waals surface area contributed by atoms with Gasteiger partial charge in [-0.1, -0.05) is 24.3 Å². The van der Waals surface area contributed by atoms with Crippen molar-refractivity contribution in [2.45, 2.75) is 26.7 Å². The molecule has 2 heterocycles. The second-order valence-electron chi connectivity index (χ2n) is 6.44. The predicted octanol–water partition coefficient (Wildman–Crippen LogP) is 3.87. The van der Waals surface area contributed by atoms with E-state index in [1.54, 1.807) is 22.0 Å². The Kier molecular flexibility index (Phi) is 4.62. The molecule has 6 nitrogen and oxygen atoms in total. The van der Waals surface area contributed by atoms with E-state index in [1.165, 1.54) is 5.56 Å². The van der Waals surface area contributed by atoms with Gasteiger partial charge in [0.25, 0.3) is 0 Å². The molecule has 0 N–H and O–H groups in total. The lowest BCUT2D eigenvalue weighted by Crippen LogP contribution is -2.33. The van der Waals surface area contributed by atoms with Gasteiger partial charge in [-0.15, -0.1) is 0 Å². The van der Waals surface area contributed by atoms with Gasteiger partial charge in [0, 0.05) is 25.5 Å². The fourth-order valence-corrected chi connectivity index (χ4v) is 3.51. The van der Waals surface area contributed by atoms with Gasteiger partial charge in [-0.05, 0) is 49.9 Å². The van der Waals surface area contributed by atoms with Crippen molar-refractivity contribution in [3.63, 3.8) is 0 Å². The average Bonchev–Trinajstić information content (AvgIpc) is 3.08. The minimum absolute atomic E-state index is 0.360. The highest BCUT2D eigenvalue weighted by Gasteiger charge is 2.29. The summed E-state index contributed by atoms with van der Waals surface area (Å²) in [5, 5.41) is 4.78. The fourth-order valence-electron chi connectivity index (χ4n) is 3.51. The van der Waals surface area contributed by atoms with Crippen molar-refractivity contribution in [1.82, 2.24) is 19.7 Å². The molecule has 0 saturated carbocycles. The molecule has 1 aromatic carbocycles. The Morgan fingerprint density at radius 3 is 2.59 bits per heavy atom. The Bertz CT molecular complexity index is 962. The molecule has 6 heteroatoms.